The number of amidine groups is 1. The Kier molecular flexibility index (Phi) is 6.26. The van der Waals surface area contributed by atoms with Gasteiger partial charge in [-0.1, -0.05) is 0 Å². The predicted molar refractivity (Wildman–Crippen MR) is 126 cm³/mol. The van der Waals surface area contributed by atoms with E-state index in [1.54, 1.807) is 6.08 Å². The topological polar surface area (TPSA) is 89.1 Å². The van der Waals surface area contributed by atoms with Crippen LogP contribution in [0.5, 0.6) is 5.95 Å². The second kappa shape index (κ2) is 9.07. The monoisotopic (exact) mass is 459 g/mol. The first-order valence-electron chi connectivity index (χ1n) is 9.49. The highest BCUT2D eigenvalue weighted by molar-refractivity contribution is 8.14. The molecule has 0 atom stereocenters. The van der Waals surface area contributed by atoms with E-state index in [0.29, 0.717) is 12.4 Å². The van der Waals surface area contributed by atoms with E-state index in [1.165, 1.54) is 28.8 Å². The van der Waals surface area contributed by atoms with Gasteiger partial charge in [-0.25, -0.2) is 9.98 Å². The second-order valence-corrected chi connectivity index (χ2v) is 8.85. The minimum absolute atomic E-state index is 0.145. The molecule has 30 heavy (non-hydrogen) atoms. The highest BCUT2D eigenvalue weighted by Crippen LogP contribution is 2.23. The highest BCUT2D eigenvalue weighted by Gasteiger charge is 2.14. The molecule has 1 aromatic carbocycles. The SMILES string of the molecule is CCN(CC)c1ccc(NCN=C2N=c3sc(=Cc4[nH]c(=S)oc4O)cc3S2)cc1. The Bertz CT molecular complexity index is 1240. The fourth-order valence-corrected chi connectivity index (χ4v) is 5.25. The number of thiophene rings is 1. The van der Waals surface area contributed by atoms with Crippen LogP contribution in [0.15, 0.2) is 49.6 Å². The lowest BCUT2D eigenvalue weighted by Gasteiger charge is -2.21. The van der Waals surface area contributed by atoms with Crippen LogP contribution < -0.4 is 19.4 Å². The molecule has 156 valence electrons. The van der Waals surface area contributed by atoms with E-state index in [0.717, 1.165) is 38.0 Å². The van der Waals surface area contributed by atoms with Gasteiger partial charge in [0.2, 0.25) is 0 Å². The van der Waals surface area contributed by atoms with Crippen LogP contribution in [0.2, 0.25) is 0 Å². The summed E-state index contributed by atoms with van der Waals surface area (Å²) in [6.45, 7) is 6.77. The molecule has 1 aliphatic rings. The summed E-state index contributed by atoms with van der Waals surface area (Å²) in [7, 11) is 0. The third-order valence-corrected chi connectivity index (χ3v) is 6.76. The van der Waals surface area contributed by atoms with Crippen LogP contribution in [0, 0.1) is 4.84 Å². The van der Waals surface area contributed by atoms with Gasteiger partial charge in [0, 0.05) is 29.0 Å². The van der Waals surface area contributed by atoms with Gasteiger partial charge in [-0.3, -0.25) is 0 Å². The second-order valence-electron chi connectivity index (χ2n) is 6.40. The van der Waals surface area contributed by atoms with Gasteiger partial charge in [0.15, 0.2) is 5.17 Å². The predicted octanol–water partition coefficient (Wildman–Crippen LogP) is 3.93. The fraction of sp³-hybridized carbons (Fsp3) is 0.250. The Balaban J connectivity index is 1.40. The van der Waals surface area contributed by atoms with Crippen molar-refractivity contribution in [2.75, 3.05) is 30.0 Å². The number of benzene rings is 1. The van der Waals surface area contributed by atoms with Crippen molar-refractivity contribution >= 4 is 57.9 Å². The van der Waals surface area contributed by atoms with Crippen molar-refractivity contribution < 1.29 is 9.52 Å². The molecule has 0 fully saturated rings. The number of nitrogens with one attached hydrogen (secondary N) is 2. The summed E-state index contributed by atoms with van der Waals surface area (Å²) in [4.78, 5) is 15.4. The maximum atomic E-state index is 9.69. The average Bonchev–Trinajstić information content (AvgIpc) is 3.37. The van der Waals surface area contributed by atoms with Crippen molar-refractivity contribution in [2.45, 2.75) is 18.7 Å². The fourth-order valence-electron chi connectivity index (χ4n) is 3.03. The summed E-state index contributed by atoms with van der Waals surface area (Å²) in [5.41, 5.74) is 2.71. The zero-order valence-electron chi connectivity index (χ0n) is 16.5. The van der Waals surface area contributed by atoms with Gasteiger partial charge in [-0.15, -0.1) is 11.3 Å². The zero-order valence-corrected chi connectivity index (χ0v) is 19.0. The molecule has 7 nitrogen and oxygen atoms in total. The summed E-state index contributed by atoms with van der Waals surface area (Å²) in [6.07, 6.45) is 1.79. The summed E-state index contributed by atoms with van der Waals surface area (Å²) in [5, 5.41) is 13.7. The number of hydrogen-bond donors (Lipinski definition) is 3. The third kappa shape index (κ3) is 4.61. The number of rotatable bonds is 7. The number of aliphatic imine (C=N–C) groups is 1. The minimum atomic E-state index is -0.211. The molecule has 3 aromatic rings. The normalized spacial score (nSPS) is 14.7. The molecule has 3 heterocycles. The Labute approximate surface area is 186 Å². The van der Waals surface area contributed by atoms with Crippen LogP contribution >= 0.6 is 35.3 Å². The van der Waals surface area contributed by atoms with Crippen LogP contribution in [-0.4, -0.2) is 35.0 Å². The van der Waals surface area contributed by atoms with E-state index in [9.17, 15) is 5.11 Å². The van der Waals surface area contributed by atoms with E-state index in [4.69, 9.17) is 16.6 Å². The number of H-pyrrole nitrogens is 1. The van der Waals surface area contributed by atoms with Gasteiger partial charge in [0.1, 0.15) is 17.0 Å². The molecule has 0 bridgehead atoms. The quantitative estimate of drug-likeness (QED) is 0.464. The van der Waals surface area contributed by atoms with E-state index >= 15 is 0 Å². The molecule has 10 heteroatoms. The number of oxazole rings is 1. The molecule has 0 aliphatic carbocycles. The van der Waals surface area contributed by atoms with Gasteiger partial charge < -0.3 is 24.7 Å². The summed E-state index contributed by atoms with van der Waals surface area (Å²) in [6, 6.07) is 10.4. The molecule has 0 radical (unpaired) electrons. The first kappa shape index (κ1) is 20.7. The Morgan fingerprint density at radius 1 is 1.30 bits per heavy atom. The van der Waals surface area contributed by atoms with Crippen LogP contribution in [-0.2, 0) is 0 Å². The molecule has 0 saturated carbocycles. The molecular formula is C20H21N5O2S3. The molecule has 0 spiro atoms. The molecule has 1 aliphatic heterocycles. The molecule has 4 rings (SSSR count). The van der Waals surface area contributed by atoms with Gasteiger partial charge in [-0.2, -0.15) is 0 Å². The zero-order chi connectivity index (χ0) is 21.1. The van der Waals surface area contributed by atoms with Gasteiger partial charge >= 0.3 is 5.95 Å². The van der Waals surface area contributed by atoms with Crippen molar-refractivity contribution in [1.29, 1.82) is 0 Å². The Morgan fingerprint density at radius 2 is 2.07 bits per heavy atom. The molecule has 0 saturated heterocycles. The first-order valence-corrected chi connectivity index (χ1v) is 11.5. The molecule has 0 amide bonds. The van der Waals surface area contributed by atoms with Crippen molar-refractivity contribution in [2.24, 2.45) is 9.98 Å². The van der Waals surface area contributed by atoms with Crippen LogP contribution in [0.1, 0.15) is 19.5 Å². The molecule has 2 aromatic heterocycles. The van der Waals surface area contributed by atoms with Crippen molar-refractivity contribution in [3.63, 3.8) is 0 Å². The number of anilines is 2. The number of fused-ring (bicyclic) bond motifs is 1. The van der Waals surface area contributed by atoms with Gasteiger partial charge in [0.25, 0.3) is 4.84 Å². The summed E-state index contributed by atoms with van der Waals surface area (Å²) >= 11 is 7.93. The highest BCUT2D eigenvalue weighted by atomic mass is 32.2. The lowest BCUT2D eigenvalue weighted by molar-refractivity contribution is 0.326. The Morgan fingerprint density at radius 3 is 2.70 bits per heavy atom. The van der Waals surface area contributed by atoms with Crippen LogP contribution in [0.4, 0.5) is 11.4 Å². The number of hydrogen-bond acceptors (Lipinski definition) is 8. The minimum Gasteiger partial charge on any atom is -0.479 e. The van der Waals surface area contributed by atoms with Crippen LogP contribution in [0.3, 0.4) is 0 Å². The van der Waals surface area contributed by atoms with Crippen molar-refractivity contribution in [3.8, 4) is 5.95 Å². The maximum absolute atomic E-state index is 9.69. The lowest BCUT2D eigenvalue weighted by atomic mass is 10.2. The maximum Gasteiger partial charge on any atom is 0.309 e. The molecular weight excluding hydrogens is 438 g/mol. The first-order chi connectivity index (χ1) is 14.6. The van der Waals surface area contributed by atoms with E-state index in [1.807, 2.05) is 6.07 Å². The van der Waals surface area contributed by atoms with Crippen LogP contribution in [0.25, 0.3) is 6.08 Å². The Hall–Kier alpha value is -2.56. The number of aromatic amines is 1. The van der Waals surface area contributed by atoms with Crippen molar-refractivity contribution in [1.82, 2.24) is 4.98 Å². The lowest BCUT2D eigenvalue weighted by Crippen LogP contribution is -2.21. The number of aromatic nitrogens is 1. The van der Waals surface area contributed by atoms with E-state index in [-0.39, 0.29) is 10.8 Å². The summed E-state index contributed by atoms with van der Waals surface area (Å²) in [5.74, 6) is -0.211. The number of thioether (sulfide) groups is 1. The largest absolute Gasteiger partial charge is 0.479 e. The standard InChI is InChI=1S/C20H21N5O2S3/c1-3-25(4-2)13-7-5-12(6-8-13)21-11-22-19-24-17-16(30-19)10-14(29-17)9-15-18(26)27-20(28)23-15/h5-10,21,26H,3-4,11H2,1-2H3,(H,23,28). The molecule has 3 N–H and O–H groups in total. The van der Waals surface area contributed by atoms with E-state index < -0.39 is 0 Å². The van der Waals surface area contributed by atoms with E-state index in [2.05, 4.69) is 63.3 Å². The molecule has 0 unspecified atom stereocenters. The smallest absolute Gasteiger partial charge is 0.309 e. The van der Waals surface area contributed by atoms with Gasteiger partial charge in [0.05, 0.1) is 4.90 Å². The summed E-state index contributed by atoms with van der Waals surface area (Å²) < 4.78 is 6.78. The van der Waals surface area contributed by atoms with Crippen molar-refractivity contribution in [3.05, 3.63) is 50.1 Å². The average molecular weight is 460 g/mol. The van der Waals surface area contributed by atoms with Gasteiger partial charge in [-0.05, 0) is 74.2 Å². The third-order valence-electron chi connectivity index (χ3n) is 4.53. The number of nitrogens with zero attached hydrogens (tertiary/aromatic N) is 3. The number of aromatic hydroxyl groups is 1.